The average Bonchev–Trinajstić information content (AvgIpc) is 3.06. The van der Waals surface area contributed by atoms with Crippen molar-refractivity contribution < 1.29 is 4.74 Å². The molecule has 0 fully saturated rings. The van der Waals surface area contributed by atoms with Crippen molar-refractivity contribution in [2.45, 2.75) is 13.0 Å². The third-order valence-electron chi connectivity index (χ3n) is 4.61. The Bertz CT molecular complexity index is 828. The summed E-state index contributed by atoms with van der Waals surface area (Å²) < 4.78 is 5.25. The molecule has 1 aliphatic heterocycles. The van der Waals surface area contributed by atoms with Gasteiger partial charge in [-0.05, 0) is 47.4 Å². The first-order valence-electron chi connectivity index (χ1n) is 8.25. The third kappa shape index (κ3) is 2.73. The summed E-state index contributed by atoms with van der Waals surface area (Å²) in [6.45, 7) is 1.97. The van der Waals surface area contributed by atoms with Crippen molar-refractivity contribution in [1.82, 2.24) is 4.98 Å². The standard InChI is InChI=1S/C21H20N2O/c1-24-19-7-5-16(6-8-19)15-23-14-11-18-3-2-4-20(21(18)23)17-9-12-22-13-10-17/h2-10,12-13H,11,14-15H2,1H3. The van der Waals surface area contributed by atoms with Gasteiger partial charge in [0, 0.05) is 36.7 Å². The third-order valence-corrected chi connectivity index (χ3v) is 4.61. The van der Waals surface area contributed by atoms with Crippen LogP contribution in [0.3, 0.4) is 0 Å². The van der Waals surface area contributed by atoms with E-state index in [0.29, 0.717) is 0 Å². The highest BCUT2D eigenvalue weighted by molar-refractivity contribution is 5.82. The van der Waals surface area contributed by atoms with Gasteiger partial charge in [0.2, 0.25) is 0 Å². The second-order valence-corrected chi connectivity index (χ2v) is 6.07. The van der Waals surface area contributed by atoms with Gasteiger partial charge in [0.05, 0.1) is 7.11 Å². The molecule has 24 heavy (non-hydrogen) atoms. The molecule has 0 bridgehead atoms. The maximum Gasteiger partial charge on any atom is 0.118 e. The van der Waals surface area contributed by atoms with Crippen LogP contribution in [-0.4, -0.2) is 18.6 Å². The Morgan fingerprint density at radius 2 is 1.79 bits per heavy atom. The van der Waals surface area contributed by atoms with Crippen LogP contribution in [0.4, 0.5) is 5.69 Å². The van der Waals surface area contributed by atoms with Crippen molar-refractivity contribution in [3.63, 3.8) is 0 Å². The number of anilines is 1. The molecule has 0 radical (unpaired) electrons. The van der Waals surface area contributed by atoms with Gasteiger partial charge in [-0.3, -0.25) is 4.98 Å². The van der Waals surface area contributed by atoms with E-state index >= 15 is 0 Å². The summed E-state index contributed by atoms with van der Waals surface area (Å²) >= 11 is 0. The number of benzene rings is 2. The van der Waals surface area contributed by atoms with E-state index in [1.54, 1.807) is 7.11 Å². The molecule has 2 aromatic carbocycles. The Labute approximate surface area is 142 Å². The quantitative estimate of drug-likeness (QED) is 0.717. The molecule has 1 aliphatic rings. The van der Waals surface area contributed by atoms with Crippen LogP contribution in [0.1, 0.15) is 11.1 Å². The molecule has 0 aliphatic carbocycles. The number of methoxy groups -OCH3 is 1. The summed E-state index contributed by atoms with van der Waals surface area (Å²) in [6, 6.07) is 19.1. The van der Waals surface area contributed by atoms with Gasteiger partial charge >= 0.3 is 0 Å². The van der Waals surface area contributed by atoms with E-state index in [4.69, 9.17) is 4.74 Å². The van der Waals surface area contributed by atoms with E-state index < -0.39 is 0 Å². The van der Waals surface area contributed by atoms with E-state index in [9.17, 15) is 0 Å². The number of ether oxygens (including phenoxy) is 1. The van der Waals surface area contributed by atoms with E-state index in [2.05, 4.69) is 52.3 Å². The Hall–Kier alpha value is -2.81. The molecule has 0 N–H and O–H groups in total. The molecule has 0 spiro atoms. The van der Waals surface area contributed by atoms with Gasteiger partial charge in [-0.2, -0.15) is 0 Å². The molecule has 0 amide bonds. The lowest BCUT2D eigenvalue weighted by Gasteiger charge is -2.22. The SMILES string of the molecule is COc1ccc(CN2CCc3cccc(-c4ccncc4)c32)cc1. The smallest absolute Gasteiger partial charge is 0.118 e. The van der Waals surface area contributed by atoms with Crippen molar-refractivity contribution in [1.29, 1.82) is 0 Å². The Morgan fingerprint density at radius 3 is 2.54 bits per heavy atom. The molecule has 1 aromatic heterocycles. The molecule has 0 saturated heterocycles. The summed E-state index contributed by atoms with van der Waals surface area (Å²) in [6.07, 6.45) is 4.82. The zero-order chi connectivity index (χ0) is 16.4. The topological polar surface area (TPSA) is 25.4 Å². The number of rotatable bonds is 4. The van der Waals surface area contributed by atoms with Gasteiger partial charge in [-0.15, -0.1) is 0 Å². The van der Waals surface area contributed by atoms with Gasteiger partial charge in [0.15, 0.2) is 0 Å². The second kappa shape index (κ2) is 6.36. The highest BCUT2D eigenvalue weighted by atomic mass is 16.5. The number of aromatic nitrogens is 1. The summed E-state index contributed by atoms with van der Waals surface area (Å²) in [5.41, 5.74) is 6.61. The number of hydrogen-bond donors (Lipinski definition) is 0. The van der Waals surface area contributed by atoms with Crippen LogP contribution in [0, 0.1) is 0 Å². The molecule has 0 atom stereocenters. The number of hydrogen-bond acceptors (Lipinski definition) is 3. The van der Waals surface area contributed by atoms with Gasteiger partial charge < -0.3 is 9.64 Å². The first-order chi connectivity index (χ1) is 11.8. The largest absolute Gasteiger partial charge is 0.497 e. The van der Waals surface area contributed by atoms with Crippen LogP contribution in [0.2, 0.25) is 0 Å². The van der Waals surface area contributed by atoms with Gasteiger partial charge in [-0.1, -0.05) is 30.3 Å². The van der Waals surface area contributed by atoms with Crippen LogP contribution >= 0.6 is 0 Å². The minimum Gasteiger partial charge on any atom is -0.497 e. The first kappa shape index (κ1) is 14.8. The van der Waals surface area contributed by atoms with E-state index in [1.165, 1.54) is 27.9 Å². The zero-order valence-corrected chi connectivity index (χ0v) is 13.8. The van der Waals surface area contributed by atoms with Crippen molar-refractivity contribution in [2.24, 2.45) is 0 Å². The molecular weight excluding hydrogens is 296 g/mol. The molecule has 3 aromatic rings. The predicted octanol–water partition coefficient (Wildman–Crippen LogP) is 4.32. The summed E-state index contributed by atoms with van der Waals surface area (Å²) in [5, 5.41) is 0. The zero-order valence-electron chi connectivity index (χ0n) is 13.8. The molecule has 3 heteroatoms. The minimum atomic E-state index is 0.901. The average molecular weight is 316 g/mol. The van der Waals surface area contributed by atoms with Gasteiger partial charge in [-0.25, -0.2) is 0 Å². The first-order valence-corrected chi connectivity index (χ1v) is 8.25. The predicted molar refractivity (Wildman–Crippen MR) is 97.4 cm³/mol. The lowest BCUT2D eigenvalue weighted by atomic mass is 10.0. The Morgan fingerprint density at radius 1 is 1.00 bits per heavy atom. The van der Waals surface area contributed by atoms with Crippen molar-refractivity contribution >= 4 is 5.69 Å². The fourth-order valence-corrected chi connectivity index (χ4v) is 3.41. The van der Waals surface area contributed by atoms with E-state index in [-0.39, 0.29) is 0 Å². The highest BCUT2D eigenvalue weighted by Crippen LogP contribution is 2.38. The Balaban J connectivity index is 1.67. The lowest BCUT2D eigenvalue weighted by Crippen LogP contribution is -2.20. The molecule has 0 unspecified atom stereocenters. The highest BCUT2D eigenvalue weighted by Gasteiger charge is 2.22. The van der Waals surface area contributed by atoms with Crippen LogP contribution in [0.5, 0.6) is 5.75 Å². The van der Waals surface area contributed by atoms with E-state index in [0.717, 1.165) is 25.3 Å². The monoisotopic (exact) mass is 316 g/mol. The maximum atomic E-state index is 5.25. The van der Waals surface area contributed by atoms with Crippen LogP contribution in [-0.2, 0) is 13.0 Å². The number of pyridine rings is 1. The number of nitrogens with zero attached hydrogens (tertiary/aromatic N) is 2. The molecule has 0 saturated carbocycles. The molecule has 3 nitrogen and oxygen atoms in total. The fourth-order valence-electron chi connectivity index (χ4n) is 3.41. The maximum absolute atomic E-state index is 5.25. The lowest BCUT2D eigenvalue weighted by molar-refractivity contribution is 0.414. The molecule has 2 heterocycles. The van der Waals surface area contributed by atoms with Crippen molar-refractivity contribution in [3.05, 3.63) is 78.1 Å². The number of fused-ring (bicyclic) bond motifs is 1. The fraction of sp³-hybridized carbons (Fsp3) is 0.190. The second-order valence-electron chi connectivity index (χ2n) is 6.07. The normalized spacial score (nSPS) is 13.0. The Kier molecular flexibility index (Phi) is 3.91. The number of para-hydroxylation sites is 1. The van der Waals surface area contributed by atoms with Crippen molar-refractivity contribution in [3.8, 4) is 16.9 Å². The van der Waals surface area contributed by atoms with E-state index in [1.807, 2.05) is 24.5 Å². The summed E-state index contributed by atoms with van der Waals surface area (Å²) in [4.78, 5) is 6.62. The minimum absolute atomic E-state index is 0.901. The molecular formula is C21H20N2O. The van der Waals surface area contributed by atoms with Crippen LogP contribution in [0.25, 0.3) is 11.1 Å². The summed E-state index contributed by atoms with van der Waals surface area (Å²) in [7, 11) is 1.70. The van der Waals surface area contributed by atoms with Crippen LogP contribution in [0.15, 0.2) is 67.0 Å². The molecule has 4 rings (SSSR count). The van der Waals surface area contributed by atoms with Gasteiger partial charge in [0.25, 0.3) is 0 Å². The van der Waals surface area contributed by atoms with Gasteiger partial charge in [0.1, 0.15) is 5.75 Å². The summed E-state index contributed by atoms with van der Waals surface area (Å²) in [5.74, 6) is 0.901. The van der Waals surface area contributed by atoms with Crippen LogP contribution < -0.4 is 9.64 Å². The van der Waals surface area contributed by atoms with Crippen molar-refractivity contribution in [2.75, 3.05) is 18.6 Å². The molecule has 120 valence electrons.